The summed E-state index contributed by atoms with van der Waals surface area (Å²) in [6.07, 6.45) is 0. The highest BCUT2D eigenvalue weighted by Gasteiger charge is 2.17. The number of nitrogens with zero attached hydrogens (tertiary/aromatic N) is 1. The predicted octanol–water partition coefficient (Wildman–Crippen LogP) is 2.44. The monoisotopic (exact) mass is 422 g/mol. The predicted molar refractivity (Wildman–Crippen MR) is 104 cm³/mol. The molecule has 2 aromatic carbocycles. The number of rotatable bonds is 7. The van der Waals surface area contributed by atoms with E-state index in [0.717, 1.165) is 11.5 Å². The minimum absolute atomic E-state index is 0.0309. The van der Waals surface area contributed by atoms with Gasteiger partial charge in [0.15, 0.2) is 0 Å². The number of nitrogens with one attached hydrogen (secondary N) is 3. The first-order valence-corrected chi connectivity index (χ1v) is 9.93. The maximum absolute atomic E-state index is 12.2. The Balaban J connectivity index is 1.57. The van der Waals surface area contributed by atoms with E-state index in [4.69, 9.17) is 11.6 Å². The number of hydrogen-bond acceptors (Lipinski definition) is 5. The Kier molecular flexibility index (Phi) is 5.63. The van der Waals surface area contributed by atoms with Crippen LogP contribution < -0.4 is 10.0 Å². The fourth-order valence-corrected chi connectivity index (χ4v) is 3.77. The first kappa shape index (κ1) is 19.8. The summed E-state index contributed by atoms with van der Waals surface area (Å²) in [5.41, 5.74) is 0.706. The molecule has 146 valence electrons. The zero-order valence-electron chi connectivity index (χ0n) is 14.3. The quantitative estimate of drug-likeness (QED) is 0.305. The van der Waals surface area contributed by atoms with Gasteiger partial charge in [0.2, 0.25) is 10.0 Å². The summed E-state index contributed by atoms with van der Waals surface area (Å²) in [7, 11) is -3.93. The molecule has 3 aromatic rings. The molecule has 3 rings (SSSR count). The van der Waals surface area contributed by atoms with Crippen LogP contribution in [0.2, 0.25) is 5.02 Å². The number of carbonyl (C=O) groups excluding carboxylic acids is 1. The number of benzene rings is 2. The van der Waals surface area contributed by atoms with Gasteiger partial charge in [-0.1, -0.05) is 23.7 Å². The minimum Gasteiger partial charge on any atom is -0.350 e. The summed E-state index contributed by atoms with van der Waals surface area (Å²) in [6, 6.07) is 11.6. The van der Waals surface area contributed by atoms with E-state index in [1.54, 1.807) is 24.3 Å². The molecular weight excluding hydrogens is 408 g/mol. The number of sulfonamides is 1. The summed E-state index contributed by atoms with van der Waals surface area (Å²) in [5, 5.41) is 14.7. The van der Waals surface area contributed by atoms with Crippen LogP contribution in [0.1, 0.15) is 10.5 Å². The Morgan fingerprint density at radius 3 is 2.68 bits per heavy atom. The van der Waals surface area contributed by atoms with E-state index in [2.05, 4.69) is 15.0 Å². The Morgan fingerprint density at radius 2 is 1.93 bits per heavy atom. The van der Waals surface area contributed by atoms with E-state index >= 15 is 0 Å². The Hall–Kier alpha value is -2.95. The molecule has 1 amide bonds. The topological polar surface area (TPSA) is 134 Å². The van der Waals surface area contributed by atoms with E-state index in [9.17, 15) is 23.3 Å². The van der Waals surface area contributed by atoms with Crippen LogP contribution in [0.3, 0.4) is 0 Å². The molecule has 0 aliphatic heterocycles. The number of aromatic nitrogens is 1. The molecule has 28 heavy (non-hydrogen) atoms. The van der Waals surface area contributed by atoms with Crippen LogP contribution in [-0.2, 0) is 10.0 Å². The average molecular weight is 423 g/mol. The van der Waals surface area contributed by atoms with Gasteiger partial charge in [0.1, 0.15) is 5.69 Å². The molecule has 1 heterocycles. The van der Waals surface area contributed by atoms with Crippen LogP contribution in [0.15, 0.2) is 53.4 Å². The number of nitro benzene ring substituents is 1. The van der Waals surface area contributed by atoms with Gasteiger partial charge in [0.25, 0.3) is 11.6 Å². The summed E-state index contributed by atoms with van der Waals surface area (Å²) in [6.45, 7) is -0.0497. The number of nitro groups is 1. The van der Waals surface area contributed by atoms with Crippen LogP contribution in [-0.4, -0.2) is 37.3 Å². The largest absolute Gasteiger partial charge is 0.350 e. The fourth-order valence-electron chi connectivity index (χ4n) is 2.53. The molecule has 0 bridgehead atoms. The number of hydrogen-bond donors (Lipinski definition) is 3. The van der Waals surface area contributed by atoms with Crippen molar-refractivity contribution in [2.45, 2.75) is 4.90 Å². The van der Waals surface area contributed by atoms with Gasteiger partial charge in [-0.15, -0.1) is 0 Å². The van der Waals surface area contributed by atoms with Crippen molar-refractivity contribution < 1.29 is 18.1 Å². The number of aromatic amines is 1. The van der Waals surface area contributed by atoms with Crippen molar-refractivity contribution in [1.29, 1.82) is 0 Å². The Morgan fingerprint density at radius 1 is 1.14 bits per heavy atom. The molecule has 0 saturated heterocycles. The standard InChI is InChI=1S/C17H15ClN4O5S/c18-12-5-4-11-8-16(21-15(11)9-12)17(23)19-6-7-20-28(26,27)14-3-1-2-13(10-14)22(24)25/h1-5,8-10,20-21H,6-7H2,(H,19,23). The third-order valence-corrected chi connectivity index (χ3v) is 5.56. The number of fused-ring (bicyclic) bond motifs is 1. The zero-order chi connectivity index (χ0) is 20.3. The number of halogens is 1. The van der Waals surface area contributed by atoms with Gasteiger partial charge in [-0.25, -0.2) is 13.1 Å². The molecule has 0 aliphatic carbocycles. The van der Waals surface area contributed by atoms with Crippen molar-refractivity contribution in [3.05, 3.63) is 69.4 Å². The van der Waals surface area contributed by atoms with E-state index in [1.807, 2.05) is 0 Å². The summed E-state index contributed by atoms with van der Waals surface area (Å²) >= 11 is 5.91. The first-order valence-electron chi connectivity index (χ1n) is 8.07. The summed E-state index contributed by atoms with van der Waals surface area (Å²) in [4.78, 5) is 25.0. The van der Waals surface area contributed by atoms with Gasteiger partial charge in [-0.2, -0.15) is 0 Å². The first-order chi connectivity index (χ1) is 13.3. The van der Waals surface area contributed by atoms with E-state index in [1.165, 1.54) is 18.2 Å². The molecular formula is C17H15ClN4O5S. The lowest BCUT2D eigenvalue weighted by molar-refractivity contribution is -0.385. The van der Waals surface area contributed by atoms with Crippen molar-refractivity contribution in [1.82, 2.24) is 15.0 Å². The lowest BCUT2D eigenvalue weighted by atomic mass is 10.2. The molecule has 0 saturated carbocycles. The van der Waals surface area contributed by atoms with Crippen LogP contribution in [0.4, 0.5) is 5.69 Å². The Bertz CT molecular complexity index is 1160. The van der Waals surface area contributed by atoms with Gasteiger partial charge < -0.3 is 10.3 Å². The van der Waals surface area contributed by atoms with Gasteiger partial charge in [0, 0.05) is 41.1 Å². The highest BCUT2D eigenvalue weighted by molar-refractivity contribution is 7.89. The molecule has 1 aromatic heterocycles. The van der Waals surface area contributed by atoms with Crippen molar-refractivity contribution in [3.8, 4) is 0 Å². The number of non-ortho nitro benzene ring substituents is 1. The van der Waals surface area contributed by atoms with E-state index < -0.39 is 20.9 Å². The second kappa shape index (κ2) is 7.97. The molecule has 0 unspecified atom stereocenters. The number of carbonyl (C=O) groups is 1. The third kappa shape index (κ3) is 4.47. The van der Waals surface area contributed by atoms with Gasteiger partial charge in [-0.3, -0.25) is 14.9 Å². The van der Waals surface area contributed by atoms with E-state index in [0.29, 0.717) is 16.2 Å². The zero-order valence-corrected chi connectivity index (χ0v) is 15.9. The van der Waals surface area contributed by atoms with Crippen molar-refractivity contribution in [2.75, 3.05) is 13.1 Å². The van der Waals surface area contributed by atoms with Crippen molar-refractivity contribution >= 4 is 44.1 Å². The maximum Gasteiger partial charge on any atom is 0.270 e. The Labute approximate surface area is 164 Å². The van der Waals surface area contributed by atoms with Crippen molar-refractivity contribution in [3.63, 3.8) is 0 Å². The molecule has 0 fully saturated rings. The smallest absolute Gasteiger partial charge is 0.270 e. The second-order valence-corrected chi connectivity index (χ2v) is 8.03. The molecule has 11 heteroatoms. The van der Waals surface area contributed by atoms with E-state index in [-0.39, 0.29) is 23.7 Å². The third-order valence-electron chi connectivity index (χ3n) is 3.87. The normalized spacial score (nSPS) is 11.5. The summed E-state index contributed by atoms with van der Waals surface area (Å²) < 4.78 is 26.7. The maximum atomic E-state index is 12.2. The molecule has 0 radical (unpaired) electrons. The molecule has 0 atom stereocenters. The second-order valence-electron chi connectivity index (χ2n) is 5.82. The number of amides is 1. The lowest BCUT2D eigenvalue weighted by Gasteiger charge is -2.07. The minimum atomic E-state index is -3.93. The van der Waals surface area contributed by atoms with Crippen LogP contribution in [0, 0.1) is 10.1 Å². The van der Waals surface area contributed by atoms with Gasteiger partial charge >= 0.3 is 0 Å². The number of H-pyrrole nitrogens is 1. The average Bonchev–Trinajstić information content (AvgIpc) is 3.08. The fraction of sp³-hybridized carbons (Fsp3) is 0.118. The molecule has 9 nitrogen and oxygen atoms in total. The molecule has 0 aliphatic rings. The van der Waals surface area contributed by atoms with Crippen molar-refractivity contribution in [2.24, 2.45) is 0 Å². The molecule has 3 N–H and O–H groups in total. The van der Waals surface area contributed by atoms with Crippen LogP contribution in [0.25, 0.3) is 10.9 Å². The highest BCUT2D eigenvalue weighted by atomic mass is 35.5. The van der Waals surface area contributed by atoms with Gasteiger partial charge in [0.05, 0.1) is 9.82 Å². The van der Waals surface area contributed by atoms with Crippen LogP contribution in [0.5, 0.6) is 0 Å². The lowest BCUT2D eigenvalue weighted by Crippen LogP contribution is -2.34. The van der Waals surface area contributed by atoms with Gasteiger partial charge in [-0.05, 0) is 24.3 Å². The summed E-state index contributed by atoms with van der Waals surface area (Å²) in [5.74, 6) is -0.401. The van der Waals surface area contributed by atoms with Crippen LogP contribution >= 0.6 is 11.6 Å². The molecule has 0 spiro atoms. The highest BCUT2D eigenvalue weighted by Crippen LogP contribution is 2.20. The SMILES string of the molecule is O=C(NCCNS(=O)(=O)c1cccc([N+](=O)[O-])c1)c1cc2ccc(Cl)cc2[nH]1.